The van der Waals surface area contributed by atoms with Gasteiger partial charge < -0.3 is 10.4 Å². The Balaban J connectivity index is 3.18. The van der Waals surface area contributed by atoms with Gasteiger partial charge in [0.15, 0.2) is 5.52 Å². The van der Waals surface area contributed by atoms with Crippen LogP contribution in [0.4, 0.5) is 0 Å². The number of nitrogens with zero attached hydrogens (tertiary/aromatic N) is 3. The molecular formula is C5H4N4O4. The van der Waals surface area contributed by atoms with Crippen molar-refractivity contribution in [3.8, 4) is 0 Å². The van der Waals surface area contributed by atoms with Crippen molar-refractivity contribution < 1.29 is 10.4 Å². The second kappa shape index (κ2) is 2.12. The predicted octanol–water partition coefficient (Wildman–Crippen LogP) is -1.64. The highest BCUT2D eigenvalue weighted by atomic mass is 16.5. The Kier molecular flexibility index (Phi) is 1.21. The molecule has 2 heterocycles. The molecule has 8 nitrogen and oxygen atoms in total. The predicted molar refractivity (Wildman–Crippen MR) is 39.0 cm³/mol. The lowest BCUT2D eigenvalue weighted by molar-refractivity contribution is 0.179. The zero-order valence-electron chi connectivity index (χ0n) is 6.13. The molecule has 0 spiro atoms. The van der Waals surface area contributed by atoms with E-state index in [4.69, 9.17) is 10.4 Å². The minimum Gasteiger partial charge on any atom is -0.427 e. The molecule has 3 N–H and O–H groups in total. The zero-order chi connectivity index (χ0) is 9.59. The van der Waals surface area contributed by atoms with Crippen molar-refractivity contribution >= 4 is 11.2 Å². The van der Waals surface area contributed by atoms with Gasteiger partial charge in [0, 0.05) is 0 Å². The molecule has 0 radical (unpaired) electrons. The number of imidazole rings is 1. The van der Waals surface area contributed by atoms with E-state index >= 15 is 0 Å². The lowest BCUT2D eigenvalue weighted by Crippen LogP contribution is -2.29. The lowest BCUT2D eigenvalue weighted by atomic mass is 10.5. The molecule has 0 amide bonds. The fourth-order valence-electron chi connectivity index (χ4n) is 0.997. The monoisotopic (exact) mass is 184 g/mol. The molecule has 0 atom stereocenters. The number of rotatable bonds is 0. The fourth-order valence-corrected chi connectivity index (χ4v) is 0.997. The number of fused-ring (bicyclic) bond motifs is 1. The molecule has 13 heavy (non-hydrogen) atoms. The number of aromatic nitrogens is 4. The number of H-pyrrole nitrogens is 1. The molecule has 0 aliphatic carbocycles. The van der Waals surface area contributed by atoms with Crippen LogP contribution in [0.3, 0.4) is 0 Å². The Bertz CT molecular complexity index is 576. The van der Waals surface area contributed by atoms with Crippen LogP contribution < -0.4 is 11.2 Å². The van der Waals surface area contributed by atoms with Gasteiger partial charge in [0.05, 0.1) is 0 Å². The fraction of sp³-hybridized carbons (Fsp3) is 0. The van der Waals surface area contributed by atoms with Crippen LogP contribution in [0.15, 0.2) is 15.9 Å². The second-order valence-corrected chi connectivity index (χ2v) is 2.33. The Labute approximate surface area is 69.2 Å². The maximum atomic E-state index is 11.0. The Hall–Kier alpha value is -2.25. The third kappa shape index (κ3) is 0.818. The molecular weight excluding hydrogens is 180 g/mol. The molecule has 68 valence electrons. The zero-order valence-corrected chi connectivity index (χ0v) is 6.13. The highest BCUT2D eigenvalue weighted by molar-refractivity contribution is 5.68. The Morgan fingerprint density at radius 2 is 2.08 bits per heavy atom. The van der Waals surface area contributed by atoms with E-state index in [1.807, 2.05) is 0 Å². The lowest BCUT2D eigenvalue weighted by Gasteiger charge is -1.94. The van der Waals surface area contributed by atoms with E-state index in [-0.39, 0.29) is 15.9 Å². The number of hydrogen-bond donors (Lipinski definition) is 3. The van der Waals surface area contributed by atoms with Crippen LogP contribution in [0.1, 0.15) is 0 Å². The van der Waals surface area contributed by atoms with Gasteiger partial charge in [-0.1, -0.05) is 0 Å². The van der Waals surface area contributed by atoms with E-state index in [0.29, 0.717) is 4.73 Å². The molecule has 2 rings (SSSR count). The van der Waals surface area contributed by atoms with Crippen molar-refractivity contribution in [1.82, 2.24) is 19.4 Å². The summed E-state index contributed by atoms with van der Waals surface area (Å²) in [6.07, 6.45) is 0.895. The van der Waals surface area contributed by atoms with Crippen LogP contribution in [0.2, 0.25) is 0 Å². The van der Waals surface area contributed by atoms with Crippen LogP contribution in [-0.2, 0) is 0 Å². The molecule has 0 saturated heterocycles. The highest BCUT2D eigenvalue weighted by Crippen LogP contribution is 2.00. The number of hydrogen-bond acceptors (Lipinski definition) is 5. The third-order valence-corrected chi connectivity index (χ3v) is 1.56. The summed E-state index contributed by atoms with van der Waals surface area (Å²) < 4.78 is 0.559. The quantitative estimate of drug-likeness (QED) is 0.425. The van der Waals surface area contributed by atoms with Crippen molar-refractivity contribution in [3.63, 3.8) is 0 Å². The first-order valence-corrected chi connectivity index (χ1v) is 3.22. The van der Waals surface area contributed by atoms with Crippen LogP contribution in [0.5, 0.6) is 0 Å². The largest absolute Gasteiger partial charge is 0.427 e. The first kappa shape index (κ1) is 7.40. The Morgan fingerprint density at radius 3 is 2.77 bits per heavy atom. The van der Waals surface area contributed by atoms with Gasteiger partial charge in [-0.15, -0.1) is 4.73 Å². The minimum atomic E-state index is -1.00. The Morgan fingerprint density at radius 1 is 1.38 bits per heavy atom. The third-order valence-electron chi connectivity index (χ3n) is 1.56. The molecule has 0 saturated carbocycles. The van der Waals surface area contributed by atoms with E-state index in [1.165, 1.54) is 0 Å². The first-order valence-electron chi connectivity index (χ1n) is 3.22. The molecule has 0 aliphatic rings. The van der Waals surface area contributed by atoms with Gasteiger partial charge in [0.1, 0.15) is 6.33 Å². The molecule has 0 aliphatic heterocycles. The van der Waals surface area contributed by atoms with Crippen molar-refractivity contribution in [3.05, 3.63) is 27.2 Å². The SMILES string of the molecule is O=c1[nH]c(=O)n(O)c2ncn(O)c12. The van der Waals surface area contributed by atoms with Gasteiger partial charge in [0.25, 0.3) is 5.56 Å². The van der Waals surface area contributed by atoms with E-state index in [0.717, 1.165) is 6.33 Å². The van der Waals surface area contributed by atoms with Gasteiger partial charge in [-0.05, 0) is 0 Å². The summed E-state index contributed by atoms with van der Waals surface area (Å²) in [6.45, 7) is 0. The van der Waals surface area contributed by atoms with Gasteiger partial charge in [-0.2, -0.15) is 4.73 Å². The van der Waals surface area contributed by atoms with Crippen LogP contribution in [0.25, 0.3) is 11.2 Å². The minimum absolute atomic E-state index is 0.142. The van der Waals surface area contributed by atoms with E-state index in [9.17, 15) is 9.59 Å². The maximum Gasteiger partial charge on any atom is 0.363 e. The first-order chi connectivity index (χ1) is 6.11. The summed E-state index contributed by atoms with van der Waals surface area (Å²) in [6, 6.07) is 0. The van der Waals surface area contributed by atoms with Crippen molar-refractivity contribution in [2.75, 3.05) is 0 Å². The molecule has 8 heteroatoms. The molecule has 0 unspecified atom stereocenters. The summed E-state index contributed by atoms with van der Waals surface area (Å²) in [7, 11) is 0. The van der Waals surface area contributed by atoms with Crippen molar-refractivity contribution in [2.24, 2.45) is 0 Å². The van der Waals surface area contributed by atoms with Gasteiger partial charge >= 0.3 is 5.69 Å². The van der Waals surface area contributed by atoms with E-state index < -0.39 is 11.2 Å². The molecule has 0 aromatic carbocycles. The summed E-state index contributed by atoms with van der Waals surface area (Å²) >= 11 is 0. The van der Waals surface area contributed by atoms with Gasteiger partial charge in [-0.25, -0.2) is 9.78 Å². The van der Waals surface area contributed by atoms with E-state index in [1.54, 1.807) is 4.98 Å². The molecule has 2 aromatic heterocycles. The highest BCUT2D eigenvalue weighted by Gasteiger charge is 2.11. The van der Waals surface area contributed by atoms with Gasteiger partial charge in [-0.3, -0.25) is 9.78 Å². The summed E-state index contributed by atoms with van der Waals surface area (Å²) in [4.78, 5) is 27.1. The van der Waals surface area contributed by atoms with Crippen molar-refractivity contribution in [2.45, 2.75) is 0 Å². The summed E-state index contributed by atoms with van der Waals surface area (Å²) in [5, 5.41) is 18.1. The van der Waals surface area contributed by atoms with Crippen LogP contribution >= 0.6 is 0 Å². The van der Waals surface area contributed by atoms with Gasteiger partial charge in [0.2, 0.25) is 5.65 Å². The van der Waals surface area contributed by atoms with E-state index in [2.05, 4.69) is 4.98 Å². The van der Waals surface area contributed by atoms with Crippen molar-refractivity contribution in [1.29, 1.82) is 0 Å². The summed E-state index contributed by atoms with van der Waals surface area (Å²) in [5.74, 6) is 0. The average Bonchev–Trinajstić information content (AvgIpc) is 2.44. The summed E-state index contributed by atoms with van der Waals surface area (Å²) in [5.41, 5.74) is -2.40. The topological polar surface area (TPSA) is 113 Å². The normalized spacial score (nSPS) is 10.8. The van der Waals surface area contributed by atoms with Crippen LogP contribution in [0, 0.1) is 0 Å². The molecule has 0 bridgehead atoms. The smallest absolute Gasteiger partial charge is 0.363 e. The maximum absolute atomic E-state index is 11.0. The standard InChI is InChI=1S/C5H4N4O4/c10-4-2-3(6-1-8(2)12)9(13)5(11)7-4/h1,12-13H,(H,7,10,11). The molecule has 0 fully saturated rings. The average molecular weight is 184 g/mol. The number of nitrogens with one attached hydrogen (secondary N) is 1. The second-order valence-electron chi connectivity index (χ2n) is 2.33. The number of aromatic amines is 1. The van der Waals surface area contributed by atoms with Crippen LogP contribution in [-0.4, -0.2) is 29.8 Å². The molecule has 2 aromatic rings.